The molecule has 0 aliphatic rings. The van der Waals surface area contributed by atoms with Gasteiger partial charge in [-0.1, -0.05) is 73.6 Å². The molecule has 0 aliphatic carbocycles. The number of hydrogen-bond donors (Lipinski definition) is 15. The zero-order valence-electron chi connectivity index (χ0n) is 42.8. The first-order valence-corrected chi connectivity index (χ1v) is 24.3. The minimum absolute atomic E-state index is 0.0697. The molecule has 73 heavy (non-hydrogen) atoms. The van der Waals surface area contributed by atoms with E-state index >= 15 is 0 Å². The molecule has 1 aromatic carbocycles. The van der Waals surface area contributed by atoms with Crippen molar-refractivity contribution in [3.8, 4) is 0 Å². The Morgan fingerprint density at radius 1 is 0.479 bits per heavy atom. The lowest BCUT2D eigenvalue weighted by molar-refractivity contribution is -0.143. The number of aliphatic hydroxyl groups is 3. The lowest BCUT2D eigenvalue weighted by Crippen LogP contribution is -2.62. The highest BCUT2D eigenvalue weighted by atomic mass is 16.4. The number of amides is 9. The van der Waals surface area contributed by atoms with Gasteiger partial charge in [-0.05, 0) is 61.0 Å². The maximum absolute atomic E-state index is 13.9. The van der Waals surface area contributed by atoms with Crippen molar-refractivity contribution in [3.05, 3.63) is 36.0 Å². The molecule has 0 saturated carbocycles. The third-order valence-corrected chi connectivity index (χ3v) is 11.3. The summed E-state index contributed by atoms with van der Waals surface area (Å²) in [6.07, 6.45) is 1.02. The van der Waals surface area contributed by atoms with Crippen molar-refractivity contribution >= 4 is 70.0 Å². The summed E-state index contributed by atoms with van der Waals surface area (Å²) in [5.74, 6) is -10.9. The second kappa shape index (κ2) is 30.4. The molecule has 0 unspecified atom stereocenters. The molecule has 0 saturated heterocycles. The minimum Gasteiger partial charge on any atom is -0.480 e. The molecule has 25 heteroatoms. The SMILES string of the molecule is CC(C)C[C@H](NC(=O)[C@H](Cc1c[nH]c2ccccc12)NC(=O)[C@H](CO)NC(=O)[C@H](CC(C)C)NC(=O)[C@H](CC(N)=O)NC(=O)[C@H](CO)NC(=O)[C@H](CO)NC(=O)[C@H](CC(C)C)NC(=O)[C@@H](N)CC(C)C)C(=O)O. The van der Waals surface area contributed by atoms with Gasteiger partial charge in [-0.15, -0.1) is 0 Å². The summed E-state index contributed by atoms with van der Waals surface area (Å²) >= 11 is 0. The molecule has 0 radical (unpaired) electrons. The highest BCUT2D eigenvalue weighted by molar-refractivity contribution is 5.99. The predicted octanol–water partition coefficient (Wildman–Crippen LogP) is -2.96. The van der Waals surface area contributed by atoms with E-state index in [2.05, 4.69) is 47.5 Å². The van der Waals surface area contributed by atoms with Crippen LogP contribution in [-0.4, -0.2) is 159 Å². The standard InChI is InChI=1S/C48H77N11O14/c1-23(2)13-29(49)40(64)52-31(14-24(3)4)41(65)58-38(22-62)47(71)59-37(21-61)46(70)55-34(18-39(50)63)44(68)53-32(15-25(5)6)42(66)57-36(20-60)45(69)54-33(43(67)56-35(48(72)73)16-26(7)8)17-27-19-51-30-12-10-9-11-28(27)30/h9-12,19,23-26,29,31-38,51,60-62H,13-18,20-22,49H2,1-8H3,(H2,50,63)(H,52,64)(H,53,68)(H,54,69)(H,55,70)(H,56,67)(H,57,66)(H,58,65)(H,59,71)(H,72,73)/t29-,31-,32-,33-,34-,35-,36-,37-,38-/m0/s1. The van der Waals surface area contributed by atoms with E-state index in [4.69, 9.17) is 11.5 Å². The van der Waals surface area contributed by atoms with Crippen molar-refractivity contribution in [2.75, 3.05) is 19.8 Å². The molecule has 9 amide bonds. The Labute approximate surface area is 424 Å². The van der Waals surface area contributed by atoms with Crippen molar-refractivity contribution in [2.45, 2.75) is 148 Å². The van der Waals surface area contributed by atoms with Crippen LogP contribution in [0.4, 0.5) is 0 Å². The number of nitrogens with one attached hydrogen (secondary N) is 9. The quantitative estimate of drug-likeness (QED) is 0.0348. The number of fused-ring (bicyclic) bond motifs is 1. The second-order valence-electron chi connectivity index (χ2n) is 19.7. The maximum atomic E-state index is 13.9. The Morgan fingerprint density at radius 3 is 1.25 bits per heavy atom. The number of carboxylic acid groups (broad SMARTS) is 1. The van der Waals surface area contributed by atoms with Crippen LogP contribution in [0.3, 0.4) is 0 Å². The first kappa shape index (κ1) is 62.4. The summed E-state index contributed by atoms with van der Waals surface area (Å²) < 4.78 is 0. The molecule has 0 aliphatic heterocycles. The van der Waals surface area contributed by atoms with E-state index in [1.54, 1.807) is 72.0 Å². The van der Waals surface area contributed by atoms with Crippen LogP contribution in [0, 0.1) is 23.7 Å². The molecule has 25 nitrogen and oxygen atoms in total. The summed E-state index contributed by atoms with van der Waals surface area (Å²) in [6, 6.07) is -6.36. The van der Waals surface area contributed by atoms with E-state index in [9.17, 15) is 68.4 Å². The highest BCUT2D eigenvalue weighted by Crippen LogP contribution is 2.20. The zero-order chi connectivity index (χ0) is 55.3. The molecule has 17 N–H and O–H groups in total. The van der Waals surface area contributed by atoms with Crippen LogP contribution in [0.15, 0.2) is 30.5 Å². The van der Waals surface area contributed by atoms with Crippen LogP contribution in [0.1, 0.15) is 93.1 Å². The minimum atomic E-state index is -1.85. The monoisotopic (exact) mass is 1030 g/mol. The number of carbonyl (C=O) groups excluding carboxylic acids is 9. The normalized spacial score (nSPS) is 15.2. The van der Waals surface area contributed by atoms with Crippen molar-refractivity contribution in [1.29, 1.82) is 0 Å². The number of rotatable bonds is 32. The number of nitrogens with two attached hydrogens (primary N) is 2. The first-order valence-electron chi connectivity index (χ1n) is 24.3. The number of H-pyrrole nitrogens is 1. The van der Waals surface area contributed by atoms with E-state index in [0.29, 0.717) is 17.4 Å². The van der Waals surface area contributed by atoms with Gasteiger partial charge in [-0.25, -0.2) is 4.79 Å². The second-order valence-corrected chi connectivity index (χ2v) is 19.7. The van der Waals surface area contributed by atoms with Gasteiger partial charge in [-0.3, -0.25) is 43.2 Å². The smallest absolute Gasteiger partial charge is 0.326 e. The number of aromatic amines is 1. The lowest BCUT2D eigenvalue weighted by atomic mass is 10.0. The van der Waals surface area contributed by atoms with Crippen molar-refractivity contribution in [1.82, 2.24) is 47.5 Å². The van der Waals surface area contributed by atoms with Gasteiger partial charge in [0.15, 0.2) is 0 Å². The van der Waals surface area contributed by atoms with Crippen LogP contribution in [0.25, 0.3) is 10.9 Å². The van der Waals surface area contributed by atoms with Crippen LogP contribution >= 0.6 is 0 Å². The number of hydrogen-bond acceptors (Lipinski definition) is 14. The Bertz CT molecular complexity index is 2220. The molecule has 0 bridgehead atoms. The number of aromatic nitrogens is 1. The zero-order valence-corrected chi connectivity index (χ0v) is 42.8. The van der Waals surface area contributed by atoms with Gasteiger partial charge in [0, 0.05) is 23.5 Å². The molecule has 408 valence electrons. The fourth-order valence-electron chi connectivity index (χ4n) is 7.62. The van der Waals surface area contributed by atoms with Crippen molar-refractivity contribution in [2.24, 2.45) is 35.1 Å². The predicted molar refractivity (Wildman–Crippen MR) is 266 cm³/mol. The fraction of sp³-hybridized carbons (Fsp3) is 0.625. The molecule has 9 atom stereocenters. The lowest BCUT2D eigenvalue weighted by Gasteiger charge is -2.27. The van der Waals surface area contributed by atoms with Gasteiger partial charge < -0.3 is 79.4 Å². The van der Waals surface area contributed by atoms with E-state index < -0.39 is 140 Å². The highest BCUT2D eigenvalue weighted by Gasteiger charge is 2.36. The van der Waals surface area contributed by atoms with Crippen LogP contribution in [0.5, 0.6) is 0 Å². The molecule has 0 spiro atoms. The Morgan fingerprint density at radius 2 is 0.822 bits per heavy atom. The largest absolute Gasteiger partial charge is 0.480 e. The van der Waals surface area contributed by atoms with E-state index in [0.717, 1.165) is 5.52 Å². The van der Waals surface area contributed by atoms with Gasteiger partial charge in [0.05, 0.1) is 32.3 Å². The molecule has 1 aromatic heterocycles. The molecular formula is C48H77N11O14. The Hall–Kier alpha value is -6.70. The number of benzene rings is 1. The third-order valence-electron chi connectivity index (χ3n) is 11.3. The number of primary amides is 1. The number of carboxylic acids is 1. The van der Waals surface area contributed by atoms with Gasteiger partial charge in [0.1, 0.15) is 48.3 Å². The first-order chi connectivity index (χ1) is 34.2. The average molecular weight is 1030 g/mol. The summed E-state index contributed by atoms with van der Waals surface area (Å²) in [4.78, 5) is 135. The fourth-order valence-corrected chi connectivity index (χ4v) is 7.62. The van der Waals surface area contributed by atoms with Crippen LogP contribution in [-0.2, 0) is 54.4 Å². The number of aliphatic carboxylic acids is 1. The van der Waals surface area contributed by atoms with E-state index in [1.165, 1.54) is 0 Å². The van der Waals surface area contributed by atoms with Gasteiger partial charge in [0.25, 0.3) is 0 Å². The summed E-state index contributed by atoms with van der Waals surface area (Å²) in [5.41, 5.74) is 12.7. The van der Waals surface area contributed by atoms with Gasteiger partial charge >= 0.3 is 5.97 Å². The topological polar surface area (TPSA) is 416 Å². The number of aliphatic hydroxyl groups excluding tert-OH is 3. The Balaban J connectivity index is 2.29. The molecule has 0 fully saturated rings. The molecular weight excluding hydrogens is 955 g/mol. The Kier molecular flexibility index (Phi) is 26.0. The van der Waals surface area contributed by atoms with Crippen LogP contribution in [0.2, 0.25) is 0 Å². The van der Waals surface area contributed by atoms with E-state index in [1.807, 2.05) is 13.8 Å². The third kappa shape index (κ3) is 21.1. The maximum Gasteiger partial charge on any atom is 0.326 e. The van der Waals surface area contributed by atoms with Gasteiger partial charge in [0.2, 0.25) is 53.2 Å². The molecule has 2 rings (SSSR count). The summed E-state index contributed by atoms with van der Waals surface area (Å²) in [7, 11) is 0. The number of para-hydroxylation sites is 1. The van der Waals surface area contributed by atoms with Crippen molar-refractivity contribution < 1.29 is 68.4 Å². The molecule has 1 heterocycles. The van der Waals surface area contributed by atoms with Crippen molar-refractivity contribution in [3.63, 3.8) is 0 Å². The summed E-state index contributed by atoms with van der Waals surface area (Å²) in [5, 5.41) is 60.1. The average Bonchev–Trinajstić information content (AvgIpc) is 3.71. The molecule has 2 aromatic rings. The van der Waals surface area contributed by atoms with Crippen LogP contribution < -0.4 is 54.0 Å². The van der Waals surface area contributed by atoms with E-state index in [-0.39, 0.29) is 49.4 Å². The summed E-state index contributed by atoms with van der Waals surface area (Å²) in [6.45, 7) is 11.1. The van der Waals surface area contributed by atoms with Gasteiger partial charge in [-0.2, -0.15) is 0 Å². The number of carbonyl (C=O) groups is 10.